The van der Waals surface area contributed by atoms with Gasteiger partial charge in [0, 0.05) is 18.2 Å². The summed E-state index contributed by atoms with van der Waals surface area (Å²) in [6, 6.07) is 12.7. The van der Waals surface area contributed by atoms with Crippen molar-refractivity contribution in [2.75, 3.05) is 25.1 Å². The summed E-state index contributed by atoms with van der Waals surface area (Å²) >= 11 is 0. The van der Waals surface area contributed by atoms with Crippen LogP contribution in [0, 0.1) is 0 Å². The highest BCUT2D eigenvalue weighted by atomic mass is 16.5. The fourth-order valence-electron chi connectivity index (χ4n) is 2.53. The van der Waals surface area contributed by atoms with Crippen molar-refractivity contribution in [2.24, 2.45) is 0 Å². The highest BCUT2D eigenvalue weighted by molar-refractivity contribution is 5.48. The summed E-state index contributed by atoms with van der Waals surface area (Å²) in [5.41, 5.74) is 3.43. The van der Waals surface area contributed by atoms with Crippen LogP contribution in [0.4, 0.5) is 5.69 Å². The van der Waals surface area contributed by atoms with Crippen LogP contribution < -0.4 is 15.0 Å². The molecule has 1 aliphatic heterocycles. The van der Waals surface area contributed by atoms with Gasteiger partial charge in [0.2, 0.25) is 0 Å². The molecule has 1 atom stereocenters. The molecule has 3 rings (SSSR count). The smallest absolute Gasteiger partial charge is 0.124 e. The second-order valence-electron chi connectivity index (χ2n) is 5.33. The summed E-state index contributed by atoms with van der Waals surface area (Å²) in [4.78, 5) is 6.88. The van der Waals surface area contributed by atoms with E-state index in [2.05, 4.69) is 46.4 Å². The van der Waals surface area contributed by atoms with E-state index in [1.165, 1.54) is 5.56 Å². The van der Waals surface area contributed by atoms with Crippen LogP contribution in [0.25, 0.3) is 0 Å². The third-order valence-corrected chi connectivity index (χ3v) is 3.97. The fraction of sp³-hybridized carbons (Fsp3) is 0.353. The van der Waals surface area contributed by atoms with Gasteiger partial charge in [-0.2, -0.15) is 0 Å². The molecular weight excluding hydrogens is 262 g/mol. The van der Waals surface area contributed by atoms with E-state index in [1.807, 2.05) is 25.4 Å². The van der Waals surface area contributed by atoms with Crippen LogP contribution in [0.1, 0.15) is 24.2 Å². The summed E-state index contributed by atoms with van der Waals surface area (Å²) in [6.07, 6.45) is 1.96. The van der Waals surface area contributed by atoms with Crippen LogP contribution >= 0.6 is 0 Å². The van der Waals surface area contributed by atoms with Gasteiger partial charge in [0.15, 0.2) is 0 Å². The molecular formula is C17H21N3O. The van der Waals surface area contributed by atoms with E-state index in [0.717, 1.165) is 30.2 Å². The molecule has 4 heteroatoms. The van der Waals surface area contributed by atoms with Crippen LogP contribution in [-0.4, -0.2) is 25.2 Å². The topological polar surface area (TPSA) is 37.4 Å². The summed E-state index contributed by atoms with van der Waals surface area (Å²) in [6.45, 7) is 4.54. The highest BCUT2D eigenvalue weighted by Gasteiger charge is 2.15. The molecule has 0 amide bonds. The Hall–Kier alpha value is -2.07. The second kappa shape index (κ2) is 6.14. The zero-order chi connectivity index (χ0) is 14.7. The van der Waals surface area contributed by atoms with Crippen LogP contribution in [0.3, 0.4) is 0 Å². The number of hydrogen-bond donors (Lipinski definition) is 1. The maximum absolute atomic E-state index is 5.81. The maximum Gasteiger partial charge on any atom is 0.124 e. The monoisotopic (exact) mass is 283 g/mol. The summed E-state index contributed by atoms with van der Waals surface area (Å²) in [5, 5.41) is 3.21. The van der Waals surface area contributed by atoms with E-state index in [4.69, 9.17) is 4.74 Å². The van der Waals surface area contributed by atoms with Gasteiger partial charge in [-0.15, -0.1) is 0 Å². The van der Waals surface area contributed by atoms with Crippen LogP contribution in [0.2, 0.25) is 0 Å². The Morgan fingerprint density at radius 1 is 1.24 bits per heavy atom. The zero-order valence-corrected chi connectivity index (χ0v) is 12.5. The third-order valence-electron chi connectivity index (χ3n) is 3.97. The lowest BCUT2D eigenvalue weighted by Crippen LogP contribution is -2.25. The predicted octanol–water partition coefficient (Wildman–Crippen LogP) is 2.76. The van der Waals surface area contributed by atoms with Gasteiger partial charge in [0.25, 0.3) is 0 Å². The number of benzene rings is 1. The molecule has 0 bridgehead atoms. The molecule has 0 spiro atoms. The summed E-state index contributed by atoms with van der Waals surface area (Å²) < 4.78 is 5.81. The van der Waals surface area contributed by atoms with Crippen LogP contribution in [-0.2, 0) is 6.54 Å². The fourth-order valence-corrected chi connectivity index (χ4v) is 2.53. The molecule has 21 heavy (non-hydrogen) atoms. The minimum atomic E-state index is 0.271. The Morgan fingerprint density at radius 2 is 2.10 bits per heavy atom. The van der Waals surface area contributed by atoms with E-state index < -0.39 is 0 Å². The Kier molecular flexibility index (Phi) is 4.06. The number of fused-ring (bicyclic) bond motifs is 1. The van der Waals surface area contributed by atoms with Gasteiger partial charge >= 0.3 is 0 Å². The van der Waals surface area contributed by atoms with Crippen molar-refractivity contribution >= 4 is 5.69 Å². The lowest BCUT2D eigenvalue weighted by atomic mass is 10.1. The first-order chi connectivity index (χ1) is 10.3. The number of ether oxygens (including phenoxy) is 1. The first-order valence-electron chi connectivity index (χ1n) is 7.37. The Morgan fingerprint density at radius 3 is 2.86 bits per heavy atom. The van der Waals surface area contributed by atoms with E-state index >= 15 is 0 Å². The quantitative estimate of drug-likeness (QED) is 0.940. The number of pyridine rings is 1. The number of para-hydroxylation sites is 1. The van der Waals surface area contributed by atoms with Crippen molar-refractivity contribution in [2.45, 2.75) is 19.5 Å². The minimum absolute atomic E-state index is 0.271. The van der Waals surface area contributed by atoms with Crippen molar-refractivity contribution in [1.29, 1.82) is 0 Å². The molecule has 0 radical (unpaired) electrons. The number of nitrogens with zero attached hydrogens (tertiary/aromatic N) is 2. The number of hydrogen-bond acceptors (Lipinski definition) is 4. The first-order valence-corrected chi connectivity index (χ1v) is 7.37. The average molecular weight is 283 g/mol. The Labute approximate surface area is 125 Å². The van der Waals surface area contributed by atoms with Crippen molar-refractivity contribution in [1.82, 2.24) is 10.3 Å². The van der Waals surface area contributed by atoms with Gasteiger partial charge in [0.05, 0.1) is 24.1 Å². The van der Waals surface area contributed by atoms with Crippen molar-refractivity contribution in [3.8, 4) is 5.75 Å². The van der Waals surface area contributed by atoms with Crippen LogP contribution in [0.5, 0.6) is 5.75 Å². The molecule has 1 aromatic heterocycles. The lowest BCUT2D eigenvalue weighted by molar-refractivity contribution is 0.331. The van der Waals surface area contributed by atoms with Gasteiger partial charge < -0.3 is 15.0 Å². The van der Waals surface area contributed by atoms with E-state index in [0.29, 0.717) is 6.61 Å². The molecule has 0 saturated heterocycles. The van der Waals surface area contributed by atoms with E-state index in [9.17, 15) is 0 Å². The maximum atomic E-state index is 5.81. The zero-order valence-electron chi connectivity index (χ0n) is 12.5. The number of rotatable bonds is 3. The van der Waals surface area contributed by atoms with E-state index in [-0.39, 0.29) is 6.04 Å². The van der Waals surface area contributed by atoms with Crippen molar-refractivity contribution < 1.29 is 4.74 Å². The SMILES string of the molecule is CNC(C)c1ccc(N2CCOc3ccccc3C2)cn1. The van der Waals surface area contributed by atoms with Gasteiger partial charge in [-0.25, -0.2) is 0 Å². The molecule has 1 unspecified atom stereocenters. The van der Waals surface area contributed by atoms with Crippen LogP contribution in [0.15, 0.2) is 42.6 Å². The highest BCUT2D eigenvalue weighted by Crippen LogP contribution is 2.26. The van der Waals surface area contributed by atoms with Crippen molar-refractivity contribution in [3.63, 3.8) is 0 Å². The summed E-state index contributed by atoms with van der Waals surface area (Å²) in [7, 11) is 1.95. The predicted molar refractivity (Wildman–Crippen MR) is 84.7 cm³/mol. The molecule has 1 aromatic carbocycles. The lowest BCUT2D eigenvalue weighted by Gasteiger charge is -2.22. The van der Waals surface area contributed by atoms with Crippen molar-refractivity contribution in [3.05, 3.63) is 53.9 Å². The van der Waals surface area contributed by atoms with E-state index in [1.54, 1.807) is 0 Å². The van der Waals surface area contributed by atoms with Gasteiger partial charge in [-0.3, -0.25) is 4.98 Å². The van der Waals surface area contributed by atoms with Gasteiger partial charge in [-0.05, 0) is 32.2 Å². The number of aromatic nitrogens is 1. The molecule has 2 heterocycles. The standard InChI is InChI=1S/C17H21N3O/c1-13(18-2)16-8-7-15(11-19-16)20-9-10-21-17-6-4-3-5-14(17)12-20/h3-8,11,13,18H,9-10,12H2,1-2H3. The second-order valence-corrected chi connectivity index (χ2v) is 5.33. The Balaban J connectivity index is 1.81. The molecule has 0 aliphatic carbocycles. The average Bonchev–Trinajstić information content (AvgIpc) is 2.76. The molecule has 0 fully saturated rings. The largest absolute Gasteiger partial charge is 0.491 e. The normalized spacial score (nSPS) is 15.8. The molecule has 2 aromatic rings. The molecule has 1 aliphatic rings. The minimum Gasteiger partial charge on any atom is -0.491 e. The first kappa shape index (κ1) is 13.9. The third kappa shape index (κ3) is 3.00. The molecule has 4 nitrogen and oxygen atoms in total. The molecule has 110 valence electrons. The molecule has 1 N–H and O–H groups in total. The molecule has 0 saturated carbocycles. The number of anilines is 1. The van der Waals surface area contributed by atoms with Gasteiger partial charge in [-0.1, -0.05) is 18.2 Å². The van der Waals surface area contributed by atoms with Gasteiger partial charge in [0.1, 0.15) is 12.4 Å². The Bertz CT molecular complexity index is 597. The number of nitrogens with one attached hydrogen (secondary N) is 1. The summed E-state index contributed by atoms with van der Waals surface area (Å²) in [5.74, 6) is 0.994.